The Balaban J connectivity index is 1.57. The first-order chi connectivity index (χ1) is 14.7. The average molecular weight is 412 g/mol. The molecule has 2 fully saturated rings. The fraction of sp³-hybridized carbons (Fsp3) is 0.591. The molecule has 0 atom stereocenters. The molecule has 8 nitrogen and oxygen atoms in total. The topological polar surface area (TPSA) is 98.2 Å². The molecule has 0 amide bonds. The minimum absolute atomic E-state index is 0.234. The van der Waals surface area contributed by atoms with Gasteiger partial charge in [-0.25, -0.2) is 0 Å². The summed E-state index contributed by atoms with van der Waals surface area (Å²) in [5.74, 6) is 2.07. The van der Waals surface area contributed by atoms with Gasteiger partial charge in [-0.3, -0.25) is 0 Å². The van der Waals surface area contributed by atoms with Crippen molar-refractivity contribution in [2.24, 2.45) is 0 Å². The third kappa shape index (κ3) is 5.50. The molecule has 2 aliphatic rings. The van der Waals surface area contributed by atoms with Gasteiger partial charge in [-0.05, 0) is 63.0 Å². The number of hydrogen-bond donors (Lipinski definition) is 4. The summed E-state index contributed by atoms with van der Waals surface area (Å²) >= 11 is 0. The van der Waals surface area contributed by atoms with Crippen LogP contribution < -0.4 is 20.9 Å². The van der Waals surface area contributed by atoms with E-state index in [2.05, 4.69) is 32.9 Å². The summed E-state index contributed by atoms with van der Waals surface area (Å²) in [5.41, 5.74) is 0.829. The molecule has 1 aliphatic carbocycles. The summed E-state index contributed by atoms with van der Waals surface area (Å²) in [6.07, 6.45) is 9.60. The van der Waals surface area contributed by atoms with Gasteiger partial charge in [-0.2, -0.15) is 15.0 Å². The number of phenolic OH excluding ortho intramolecular Hbond substituents is 1. The first-order valence-electron chi connectivity index (χ1n) is 11.2. The van der Waals surface area contributed by atoms with E-state index in [1.165, 1.54) is 25.7 Å². The number of anilines is 4. The van der Waals surface area contributed by atoms with Gasteiger partial charge in [-0.15, -0.1) is 0 Å². The van der Waals surface area contributed by atoms with E-state index >= 15 is 0 Å². The zero-order valence-electron chi connectivity index (χ0n) is 17.8. The second-order valence-electron chi connectivity index (χ2n) is 8.38. The summed E-state index contributed by atoms with van der Waals surface area (Å²) in [6, 6.07) is 7.75. The van der Waals surface area contributed by atoms with Crippen LogP contribution in [0.1, 0.15) is 51.4 Å². The number of benzene rings is 1. The fourth-order valence-electron chi connectivity index (χ4n) is 4.28. The van der Waals surface area contributed by atoms with Gasteiger partial charge in [0.15, 0.2) is 0 Å². The van der Waals surface area contributed by atoms with Gasteiger partial charge in [0.05, 0.1) is 0 Å². The van der Waals surface area contributed by atoms with E-state index in [0.29, 0.717) is 29.9 Å². The Morgan fingerprint density at radius 2 is 1.57 bits per heavy atom. The van der Waals surface area contributed by atoms with E-state index < -0.39 is 0 Å². The molecule has 0 radical (unpaired) electrons. The smallest absolute Gasteiger partial charge is 0.233 e. The summed E-state index contributed by atoms with van der Waals surface area (Å²) < 4.78 is 0. The minimum Gasteiger partial charge on any atom is -0.508 e. The average Bonchev–Trinajstić information content (AvgIpc) is 3.04. The molecule has 2 aromatic rings. The van der Waals surface area contributed by atoms with Gasteiger partial charge in [0.25, 0.3) is 0 Å². The first kappa shape index (κ1) is 20.7. The molecule has 8 heteroatoms. The van der Waals surface area contributed by atoms with Crippen LogP contribution in [0.2, 0.25) is 0 Å². The predicted molar refractivity (Wildman–Crippen MR) is 121 cm³/mol. The molecular formula is C22H33N7O. The normalized spacial score (nSPS) is 18.6. The van der Waals surface area contributed by atoms with E-state index in [0.717, 1.165) is 44.5 Å². The van der Waals surface area contributed by atoms with Gasteiger partial charge in [-0.1, -0.05) is 25.7 Å². The van der Waals surface area contributed by atoms with Gasteiger partial charge in [0, 0.05) is 24.8 Å². The van der Waals surface area contributed by atoms with E-state index in [4.69, 9.17) is 9.97 Å². The Hall–Kier alpha value is -2.61. The molecule has 2 heterocycles. The van der Waals surface area contributed by atoms with E-state index in [1.54, 1.807) is 12.1 Å². The van der Waals surface area contributed by atoms with Crippen LogP contribution in [-0.2, 0) is 0 Å². The maximum absolute atomic E-state index is 9.54. The van der Waals surface area contributed by atoms with Crippen molar-refractivity contribution in [1.82, 2.24) is 20.3 Å². The van der Waals surface area contributed by atoms with E-state index in [9.17, 15) is 5.11 Å². The molecule has 0 bridgehead atoms. The number of piperidine rings is 1. The molecule has 1 aliphatic heterocycles. The number of nitrogens with zero attached hydrogens (tertiary/aromatic N) is 4. The van der Waals surface area contributed by atoms with E-state index in [1.807, 2.05) is 12.1 Å². The molecule has 30 heavy (non-hydrogen) atoms. The van der Waals surface area contributed by atoms with Crippen LogP contribution in [0.4, 0.5) is 23.5 Å². The summed E-state index contributed by atoms with van der Waals surface area (Å²) in [4.78, 5) is 16.3. The predicted octanol–water partition coefficient (Wildman–Crippen LogP) is 3.64. The van der Waals surface area contributed by atoms with Crippen molar-refractivity contribution in [3.8, 4) is 5.75 Å². The standard InChI is InChI=1S/C22H33N7O/c1-29(18-12-14-23-15-13-18)22-27-20(24-16-6-4-2-3-5-7-16)26-21(28-22)25-17-8-10-19(30)11-9-17/h8-11,16,18,23,30H,2-7,12-15H2,1H3,(H2,24,25,26,27,28). The maximum Gasteiger partial charge on any atom is 0.233 e. The Morgan fingerprint density at radius 3 is 2.27 bits per heavy atom. The highest BCUT2D eigenvalue weighted by Gasteiger charge is 2.22. The number of nitrogens with one attached hydrogen (secondary N) is 3. The lowest BCUT2D eigenvalue weighted by Crippen LogP contribution is -2.42. The van der Waals surface area contributed by atoms with Crippen LogP contribution in [0.3, 0.4) is 0 Å². The highest BCUT2D eigenvalue weighted by Crippen LogP contribution is 2.24. The zero-order chi connectivity index (χ0) is 20.8. The molecule has 0 unspecified atom stereocenters. The van der Waals surface area contributed by atoms with Crippen LogP contribution in [0, 0.1) is 0 Å². The van der Waals surface area contributed by atoms with Crippen molar-refractivity contribution < 1.29 is 5.11 Å². The first-order valence-corrected chi connectivity index (χ1v) is 11.2. The lowest BCUT2D eigenvalue weighted by Gasteiger charge is -2.32. The lowest BCUT2D eigenvalue weighted by atomic mass is 10.1. The molecule has 162 valence electrons. The number of rotatable bonds is 6. The van der Waals surface area contributed by atoms with Crippen molar-refractivity contribution in [3.05, 3.63) is 24.3 Å². The Kier molecular flexibility index (Phi) is 6.84. The molecule has 1 aromatic heterocycles. The number of aromatic nitrogens is 3. The van der Waals surface area contributed by atoms with Crippen LogP contribution in [0.25, 0.3) is 0 Å². The quantitative estimate of drug-likeness (QED) is 0.422. The molecule has 1 saturated carbocycles. The largest absolute Gasteiger partial charge is 0.508 e. The number of hydrogen-bond acceptors (Lipinski definition) is 8. The van der Waals surface area contributed by atoms with E-state index in [-0.39, 0.29) is 5.75 Å². The van der Waals surface area contributed by atoms with Gasteiger partial charge < -0.3 is 26.0 Å². The van der Waals surface area contributed by atoms with Crippen molar-refractivity contribution in [1.29, 1.82) is 0 Å². The Morgan fingerprint density at radius 1 is 0.900 bits per heavy atom. The maximum atomic E-state index is 9.54. The molecule has 1 saturated heterocycles. The molecule has 0 spiro atoms. The summed E-state index contributed by atoms with van der Waals surface area (Å²) in [6.45, 7) is 2.04. The van der Waals surface area contributed by atoms with Gasteiger partial charge >= 0.3 is 0 Å². The van der Waals surface area contributed by atoms with Crippen molar-refractivity contribution in [3.63, 3.8) is 0 Å². The molecule has 4 rings (SSSR count). The Bertz CT molecular complexity index is 800. The minimum atomic E-state index is 0.234. The van der Waals surface area contributed by atoms with Crippen LogP contribution in [-0.4, -0.2) is 52.3 Å². The molecule has 1 aromatic carbocycles. The van der Waals surface area contributed by atoms with Crippen LogP contribution in [0.5, 0.6) is 5.75 Å². The second-order valence-corrected chi connectivity index (χ2v) is 8.38. The third-order valence-corrected chi connectivity index (χ3v) is 6.11. The number of phenols is 1. The fourth-order valence-corrected chi connectivity index (χ4v) is 4.28. The summed E-state index contributed by atoms with van der Waals surface area (Å²) in [5, 5.41) is 19.8. The SMILES string of the molecule is CN(c1nc(Nc2ccc(O)cc2)nc(NC2CCCCCC2)n1)C1CCNCC1. The third-order valence-electron chi connectivity index (χ3n) is 6.11. The molecule has 4 N–H and O–H groups in total. The molecular weight excluding hydrogens is 378 g/mol. The van der Waals surface area contributed by atoms with Crippen LogP contribution in [0.15, 0.2) is 24.3 Å². The monoisotopic (exact) mass is 411 g/mol. The zero-order valence-corrected chi connectivity index (χ0v) is 17.8. The highest BCUT2D eigenvalue weighted by atomic mass is 16.3. The summed E-state index contributed by atoms with van der Waals surface area (Å²) in [7, 11) is 2.07. The Labute approximate surface area is 178 Å². The van der Waals surface area contributed by atoms with Crippen molar-refractivity contribution >= 4 is 23.5 Å². The highest BCUT2D eigenvalue weighted by molar-refractivity contribution is 5.57. The lowest BCUT2D eigenvalue weighted by molar-refractivity contribution is 0.439. The second kappa shape index (κ2) is 9.93. The van der Waals surface area contributed by atoms with Gasteiger partial charge in [0.1, 0.15) is 5.75 Å². The van der Waals surface area contributed by atoms with Crippen molar-refractivity contribution in [2.45, 2.75) is 63.5 Å². The van der Waals surface area contributed by atoms with Crippen molar-refractivity contribution in [2.75, 3.05) is 35.7 Å². The van der Waals surface area contributed by atoms with Crippen LogP contribution >= 0.6 is 0 Å². The number of aromatic hydroxyl groups is 1. The van der Waals surface area contributed by atoms with Gasteiger partial charge in [0.2, 0.25) is 17.8 Å².